The van der Waals surface area contributed by atoms with Crippen LogP contribution in [0.1, 0.15) is 52.4 Å². The number of nitrogens with two attached hydrogens (primary N) is 1. The van der Waals surface area contributed by atoms with Gasteiger partial charge in [0.25, 0.3) is 0 Å². The number of hydrogen-bond donors (Lipinski definition) is 1. The third-order valence-corrected chi connectivity index (χ3v) is 4.32. The van der Waals surface area contributed by atoms with E-state index < -0.39 is 5.54 Å². The molecule has 0 atom stereocenters. The van der Waals surface area contributed by atoms with Crippen LogP contribution in [0.25, 0.3) is 0 Å². The van der Waals surface area contributed by atoms with Crippen LogP contribution in [0.4, 0.5) is 0 Å². The molecule has 2 aliphatic rings. The first-order chi connectivity index (χ1) is 8.97. The average Bonchev–Trinajstić information content (AvgIpc) is 2.88. The van der Waals surface area contributed by atoms with Gasteiger partial charge >= 0.3 is 0 Å². The van der Waals surface area contributed by atoms with E-state index in [1.807, 2.05) is 4.90 Å². The molecule has 1 aliphatic carbocycles. The molecule has 0 radical (unpaired) electrons. The highest BCUT2D eigenvalue weighted by atomic mass is 35.5. The van der Waals surface area contributed by atoms with E-state index in [0.717, 1.165) is 38.5 Å². The molecule has 2 rings (SSSR count). The van der Waals surface area contributed by atoms with Crippen molar-refractivity contribution in [3.8, 4) is 0 Å². The number of piperidine rings is 1. The fourth-order valence-electron chi connectivity index (χ4n) is 3.08. The summed E-state index contributed by atoms with van der Waals surface area (Å²) in [5.41, 5.74) is 5.11. The molecule has 2 fully saturated rings. The average molecular weight is 305 g/mol. The Balaban J connectivity index is 0.00000200. The molecule has 0 aromatic heterocycles. The van der Waals surface area contributed by atoms with Gasteiger partial charge in [0, 0.05) is 19.7 Å². The molecule has 5 heteroatoms. The second-order valence-corrected chi connectivity index (χ2v) is 6.70. The number of hydrogen-bond acceptors (Lipinski definition) is 3. The summed E-state index contributed by atoms with van der Waals surface area (Å²) in [7, 11) is 0. The minimum Gasteiger partial charge on any atom is -0.378 e. The molecule has 1 saturated heterocycles. The summed E-state index contributed by atoms with van der Waals surface area (Å²) in [6.07, 6.45) is 7.64. The molecule has 0 aromatic carbocycles. The van der Waals surface area contributed by atoms with Gasteiger partial charge in [-0.1, -0.05) is 12.8 Å². The second-order valence-electron chi connectivity index (χ2n) is 6.70. The molecule has 20 heavy (non-hydrogen) atoms. The molecule has 0 spiro atoms. The Hall–Kier alpha value is -0.320. The fraction of sp³-hybridized carbons (Fsp3) is 0.933. The van der Waals surface area contributed by atoms with Crippen LogP contribution in [0.2, 0.25) is 0 Å². The van der Waals surface area contributed by atoms with Gasteiger partial charge in [-0.3, -0.25) is 4.79 Å². The van der Waals surface area contributed by atoms with Crippen LogP contribution < -0.4 is 5.73 Å². The van der Waals surface area contributed by atoms with Crippen molar-refractivity contribution in [2.24, 2.45) is 11.7 Å². The van der Waals surface area contributed by atoms with Crippen molar-refractivity contribution in [1.82, 2.24) is 4.90 Å². The molecule has 1 aliphatic heterocycles. The normalized spacial score (nSPS) is 21.9. The lowest BCUT2D eigenvalue weighted by molar-refractivity contribution is -0.138. The van der Waals surface area contributed by atoms with E-state index in [0.29, 0.717) is 6.10 Å². The van der Waals surface area contributed by atoms with Crippen molar-refractivity contribution in [1.29, 1.82) is 0 Å². The number of carbonyl (C=O) groups is 1. The molecule has 0 aromatic rings. The van der Waals surface area contributed by atoms with Gasteiger partial charge in [-0.15, -0.1) is 12.4 Å². The van der Waals surface area contributed by atoms with E-state index in [4.69, 9.17) is 10.5 Å². The zero-order chi connectivity index (χ0) is 13.9. The number of ether oxygens (including phenoxy) is 1. The lowest BCUT2D eigenvalue weighted by Gasteiger charge is -2.35. The van der Waals surface area contributed by atoms with Gasteiger partial charge < -0.3 is 15.4 Å². The summed E-state index contributed by atoms with van der Waals surface area (Å²) < 4.78 is 6.01. The van der Waals surface area contributed by atoms with Crippen LogP contribution in [0.5, 0.6) is 0 Å². The fourth-order valence-corrected chi connectivity index (χ4v) is 3.08. The van der Waals surface area contributed by atoms with Crippen LogP contribution in [0, 0.1) is 5.92 Å². The number of carbonyl (C=O) groups excluding carboxylic acids is 1. The van der Waals surface area contributed by atoms with Crippen molar-refractivity contribution >= 4 is 18.3 Å². The van der Waals surface area contributed by atoms with E-state index in [9.17, 15) is 4.79 Å². The van der Waals surface area contributed by atoms with Gasteiger partial charge in [0.2, 0.25) is 5.91 Å². The van der Waals surface area contributed by atoms with Crippen LogP contribution in [0.3, 0.4) is 0 Å². The number of nitrogens with zero attached hydrogens (tertiary/aromatic N) is 1. The zero-order valence-electron chi connectivity index (χ0n) is 12.8. The van der Waals surface area contributed by atoms with Gasteiger partial charge in [-0.25, -0.2) is 0 Å². The van der Waals surface area contributed by atoms with Crippen LogP contribution in [-0.4, -0.2) is 42.1 Å². The number of halogens is 1. The van der Waals surface area contributed by atoms with Crippen LogP contribution in [-0.2, 0) is 9.53 Å². The molecule has 1 heterocycles. The Morgan fingerprint density at radius 1 is 1.20 bits per heavy atom. The minimum absolute atomic E-state index is 0. The minimum atomic E-state index is -0.752. The first kappa shape index (κ1) is 17.7. The quantitative estimate of drug-likeness (QED) is 0.867. The van der Waals surface area contributed by atoms with E-state index >= 15 is 0 Å². The Labute approximate surface area is 128 Å². The number of likely N-dealkylation sites (tertiary alicyclic amines) is 1. The maximum absolute atomic E-state index is 12.1. The summed E-state index contributed by atoms with van der Waals surface area (Å²) in [5, 5.41) is 0. The van der Waals surface area contributed by atoms with Crippen molar-refractivity contribution in [3.05, 3.63) is 0 Å². The van der Waals surface area contributed by atoms with Crippen molar-refractivity contribution in [2.75, 3.05) is 19.7 Å². The first-order valence-corrected chi connectivity index (χ1v) is 7.66. The molecular weight excluding hydrogens is 276 g/mol. The van der Waals surface area contributed by atoms with Crippen molar-refractivity contribution in [2.45, 2.75) is 64.0 Å². The predicted octanol–water partition coefficient (Wildman–Crippen LogP) is 2.34. The summed E-state index contributed by atoms with van der Waals surface area (Å²) in [6.45, 7) is 6.04. The molecule has 1 saturated carbocycles. The highest BCUT2D eigenvalue weighted by Gasteiger charge is 2.31. The van der Waals surface area contributed by atoms with Gasteiger partial charge in [-0.05, 0) is 45.4 Å². The topological polar surface area (TPSA) is 55.6 Å². The number of amides is 1. The summed E-state index contributed by atoms with van der Waals surface area (Å²) in [6, 6.07) is 0. The SMILES string of the molecule is CC(C)(N)C(=O)N1CCC(OCC2CCCC2)CC1.Cl. The Kier molecular flexibility index (Phi) is 6.76. The maximum Gasteiger partial charge on any atom is 0.242 e. The van der Waals surface area contributed by atoms with Gasteiger partial charge in [0.05, 0.1) is 11.6 Å². The first-order valence-electron chi connectivity index (χ1n) is 7.66. The van der Waals surface area contributed by atoms with Gasteiger partial charge in [0.1, 0.15) is 0 Å². The van der Waals surface area contributed by atoms with Gasteiger partial charge in [-0.2, -0.15) is 0 Å². The van der Waals surface area contributed by atoms with Crippen molar-refractivity contribution in [3.63, 3.8) is 0 Å². The molecule has 4 nitrogen and oxygen atoms in total. The molecule has 2 N–H and O–H groups in total. The third-order valence-electron chi connectivity index (χ3n) is 4.32. The summed E-state index contributed by atoms with van der Waals surface area (Å²) in [5.74, 6) is 0.837. The lowest BCUT2D eigenvalue weighted by Crippen LogP contribution is -2.53. The highest BCUT2D eigenvalue weighted by Crippen LogP contribution is 2.26. The maximum atomic E-state index is 12.1. The van der Waals surface area contributed by atoms with E-state index in [2.05, 4.69) is 0 Å². The van der Waals surface area contributed by atoms with Gasteiger partial charge in [0.15, 0.2) is 0 Å². The van der Waals surface area contributed by atoms with Crippen LogP contribution in [0.15, 0.2) is 0 Å². The van der Waals surface area contributed by atoms with E-state index in [1.54, 1.807) is 13.8 Å². The lowest BCUT2D eigenvalue weighted by atomic mass is 10.0. The standard InChI is InChI=1S/C15H28N2O2.ClH/c1-15(2,16)14(18)17-9-7-13(8-10-17)19-11-12-5-3-4-6-12;/h12-13H,3-11,16H2,1-2H3;1H. The van der Waals surface area contributed by atoms with E-state index in [-0.39, 0.29) is 18.3 Å². The Morgan fingerprint density at radius 3 is 2.25 bits per heavy atom. The molecular formula is C15H29ClN2O2. The predicted molar refractivity (Wildman–Crippen MR) is 83.0 cm³/mol. The Morgan fingerprint density at radius 2 is 1.75 bits per heavy atom. The largest absolute Gasteiger partial charge is 0.378 e. The smallest absolute Gasteiger partial charge is 0.242 e. The third kappa shape index (κ3) is 4.90. The molecule has 0 unspecified atom stereocenters. The highest BCUT2D eigenvalue weighted by molar-refractivity contribution is 5.85. The second kappa shape index (κ2) is 7.62. The Bertz CT molecular complexity index is 303. The molecule has 118 valence electrons. The number of rotatable bonds is 4. The monoisotopic (exact) mass is 304 g/mol. The summed E-state index contributed by atoms with van der Waals surface area (Å²) in [4.78, 5) is 13.9. The molecule has 1 amide bonds. The molecule has 0 bridgehead atoms. The van der Waals surface area contributed by atoms with Crippen LogP contribution >= 0.6 is 12.4 Å². The van der Waals surface area contributed by atoms with E-state index in [1.165, 1.54) is 25.7 Å². The zero-order valence-corrected chi connectivity index (χ0v) is 13.6. The van der Waals surface area contributed by atoms with Crippen molar-refractivity contribution < 1.29 is 9.53 Å². The summed E-state index contributed by atoms with van der Waals surface area (Å²) >= 11 is 0.